The third-order valence-electron chi connectivity index (χ3n) is 6.22. The van der Waals surface area contributed by atoms with E-state index in [-0.39, 0.29) is 0 Å². The summed E-state index contributed by atoms with van der Waals surface area (Å²) in [5.74, 6) is 0. The van der Waals surface area contributed by atoms with E-state index in [4.69, 9.17) is 10.4 Å². The van der Waals surface area contributed by atoms with Crippen LogP contribution in [0.5, 0.6) is 0 Å². The van der Waals surface area contributed by atoms with E-state index in [9.17, 15) is 0 Å². The molecule has 29 heavy (non-hydrogen) atoms. The summed E-state index contributed by atoms with van der Waals surface area (Å²) in [4.78, 5) is 14.4. The van der Waals surface area contributed by atoms with Crippen LogP contribution in [0.1, 0.15) is 10.4 Å². The molecular weight excluding hydrogens is 380 g/mol. The van der Waals surface area contributed by atoms with E-state index in [2.05, 4.69) is 52.1 Å². The fraction of sp³-hybridized carbons (Fsp3) is 0.455. The number of nitrogens with zero attached hydrogens (tertiary/aromatic N) is 5. The maximum absolute atomic E-state index is 8.80. The summed E-state index contributed by atoms with van der Waals surface area (Å²) in [5, 5.41) is 9.89. The molecular formula is C22H28N6S. The topological polar surface area (TPSA) is 51.4 Å². The highest BCUT2D eigenvalue weighted by atomic mass is 32.1. The van der Waals surface area contributed by atoms with Crippen molar-refractivity contribution in [2.45, 2.75) is 19.5 Å². The van der Waals surface area contributed by atoms with Crippen LogP contribution in [0.2, 0.25) is 0 Å². The van der Waals surface area contributed by atoms with E-state index in [0.29, 0.717) is 5.49 Å². The Balaban J connectivity index is 1.26. The van der Waals surface area contributed by atoms with Crippen molar-refractivity contribution in [1.82, 2.24) is 19.4 Å². The fourth-order valence-corrected chi connectivity index (χ4v) is 5.73. The van der Waals surface area contributed by atoms with Gasteiger partial charge in [-0.15, -0.1) is 11.3 Å². The number of fused-ring (bicyclic) bond motifs is 3. The molecule has 6 nitrogen and oxygen atoms in total. The number of rotatable bonds is 4. The average molecular weight is 409 g/mol. The van der Waals surface area contributed by atoms with Gasteiger partial charge in [0.15, 0.2) is 0 Å². The lowest BCUT2D eigenvalue weighted by molar-refractivity contribution is 0.246. The molecule has 1 fully saturated rings. The Kier molecular flexibility index (Phi) is 5.11. The minimum absolute atomic E-state index is 0.639. The van der Waals surface area contributed by atoms with Crippen LogP contribution >= 0.6 is 11.3 Å². The van der Waals surface area contributed by atoms with Crippen molar-refractivity contribution >= 4 is 27.2 Å². The summed E-state index contributed by atoms with van der Waals surface area (Å²) in [6.45, 7) is 8.12. The number of hydrogen-bond donors (Lipinski definition) is 1. The normalized spacial score (nSPS) is 18.3. The first-order valence-corrected chi connectivity index (χ1v) is 11.3. The van der Waals surface area contributed by atoms with Gasteiger partial charge in [-0.3, -0.25) is 10.3 Å². The predicted molar refractivity (Wildman–Crippen MR) is 119 cm³/mol. The zero-order valence-corrected chi connectivity index (χ0v) is 17.8. The Morgan fingerprint density at radius 2 is 1.83 bits per heavy atom. The largest absolute Gasteiger partial charge is 0.369 e. The zero-order chi connectivity index (χ0) is 19.8. The summed E-state index contributed by atoms with van der Waals surface area (Å²) in [6.07, 6.45) is 2.90. The van der Waals surface area contributed by atoms with Crippen LogP contribution in [0.3, 0.4) is 0 Å². The number of likely N-dealkylation sites (N-methyl/N-ethyl adjacent to an activating group) is 1. The van der Waals surface area contributed by atoms with Crippen LogP contribution in [-0.2, 0) is 19.5 Å². The van der Waals surface area contributed by atoms with Crippen molar-refractivity contribution in [2.24, 2.45) is 0 Å². The van der Waals surface area contributed by atoms with Crippen molar-refractivity contribution in [2.75, 3.05) is 51.2 Å². The Hall–Kier alpha value is -2.22. The van der Waals surface area contributed by atoms with E-state index in [1.165, 1.54) is 16.1 Å². The number of thiophene rings is 1. The van der Waals surface area contributed by atoms with E-state index in [1.54, 1.807) is 11.3 Å². The van der Waals surface area contributed by atoms with Crippen LogP contribution in [0.25, 0.3) is 10.2 Å². The highest BCUT2D eigenvalue weighted by Gasteiger charge is 2.21. The summed E-state index contributed by atoms with van der Waals surface area (Å²) < 4.78 is 2.04. The molecule has 2 aromatic heterocycles. The van der Waals surface area contributed by atoms with Gasteiger partial charge < -0.3 is 14.4 Å². The fourth-order valence-electron chi connectivity index (χ4n) is 4.46. The maximum atomic E-state index is 8.80. The second-order valence-electron chi connectivity index (χ2n) is 8.12. The van der Waals surface area contributed by atoms with Gasteiger partial charge in [0.2, 0.25) is 0 Å². The highest BCUT2D eigenvalue weighted by molar-refractivity contribution is 7.18. The Morgan fingerprint density at radius 1 is 1.03 bits per heavy atom. The number of hydrogen-bond acceptors (Lipinski definition) is 6. The molecule has 7 heteroatoms. The lowest BCUT2D eigenvalue weighted by Gasteiger charge is -2.36. The standard InChI is InChI=1S/C22H28N6S/c1-25-8-7-18-19(15-25)29-22-20(18)21(23)28(16-24-22)14-11-26-9-12-27(13-10-26)17-5-3-2-4-6-17/h2-6,16,23H,7-15H2,1H3. The van der Waals surface area contributed by atoms with Crippen molar-refractivity contribution in [3.8, 4) is 0 Å². The minimum atomic E-state index is 0.639. The second-order valence-corrected chi connectivity index (χ2v) is 9.21. The molecule has 2 aliphatic heterocycles. The monoisotopic (exact) mass is 408 g/mol. The first kappa shape index (κ1) is 18.8. The number of aromatic nitrogens is 2. The molecule has 0 aliphatic carbocycles. The molecule has 0 amide bonds. The number of piperazine rings is 1. The van der Waals surface area contributed by atoms with Gasteiger partial charge in [-0.2, -0.15) is 0 Å². The molecule has 0 saturated carbocycles. The molecule has 0 bridgehead atoms. The molecule has 5 rings (SSSR count). The lowest BCUT2D eigenvalue weighted by Crippen LogP contribution is -2.47. The number of anilines is 1. The SMILES string of the molecule is CN1CCc2c(sc3ncn(CCN4CCN(c5ccccc5)CC4)c(=N)c23)C1. The third kappa shape index (κ3) is 3.70. The van der Waals surface area contributed by atoms with Gasteiger partial charge in [0.05, 0.1) is 11.7 Å². The Labute approximate surface area is 175 Å². The molecule has 0 atom stereocenters. The Morgan fingerprint density at radius 3 is 2.62 bits per heavy atom. The van der Waals surface area contributed by atoms with Crippen molar-refractivity contribution < 1.29 is 0 Å². The van der Waals surface area contributed by atoms with Gasteiger partial charge in [-0.1, -0.05) is 18.2 Å². The summed E-state index contributed by atoms with van der Waals surface area (Å²) in [5.41, 5.74) is 3.32. The second kappa shape index (κ2) is 7.89. The number of nitrogens with one attached hydrogen (secondary N) is 1. The first-order chi connectivity index (χ1) is 14.2. The molecule has 3 aromatic rings. The molecule has 152 valence electrons. The summed E-state index contributed by atoms with van der Waals surface area (Å²) >= 11 is 1.77. The third-order valence-corrected chi connectivity index (χ3v) is 7.34. The molecule has 4 heterocycles. The highest BCUT2D eigenvalue weighted by Crippen LogP contribution is 2.31. The van der Waals surface area contributed by atoms with E-state index in [1.807, 2.05) is 10.9 Å². The molecule has 1 aromatic carbocycles. The zero-order valence-electron chi connectivity index (χ0n) is 17.0. The van der Waals surface area contributed by atoms with Crippen LogP contribution in [0.4, 0.5) is 5.69 Å². The van der Waals surface area contributed by atoms with Crippen molar-refractivity contribution in [3.63, 3.8) is 0 Å². The predicted octanol–water partition coefficient (Wildman–Crippen LogP) is 2.39. The van der Waals surface area contributed by atoms with Gasteiger partial charge in [0.25, 0.3) is 0 Å². The van der Waals surface area contributed by atoms with Gasteiger partial charge in [0.1, 0.15) is 10.3 Å². The van der Waals surface area contributed by atoms with Gasteiger partial charge >= 0.3 is 0 Å². The maximum Gasteiger partial charge on any atom is 0.136 e. The van der Waals surface area contributed by atoms with E-state index in [0.717, 1.165) is 69.0 Å². The van der Waals surface area contributed by atoms with Gasteiger partial charge in [-0.05, 0) is 31.2 Å². The van der Waals surface area contributed by atoms with Crippen LogP contribution in [-0.4, -0.2) is 65.7 Å². The van der Waals surface area contributed by atoms with Crippen molar-refractivity contribution in [1.29, 1.82) is 5.41 Å². The molecule has 0 radical (unpaired) electrons. The average Bonchev–Trinajstić information content (AvgIpc) is 3.12. The van der Waals surface area contributed by atoms with Crippen LogP contribution in [0.15, 0.2) is 36.7 Å². The summed E-state index contributed by atoms with van der Waals surface area (Å²) in [7, 11) is 2.17. The quantitative estimate of drug-likeness (QED) is 0.720. The van der Waals surface area contributed by atoms with Crippen LogP contribution in [0, 0.1) is 5.41 Å². The molecule has 1 N–H and O–H groups in total. The first-order valence-electron chi connectivity index (χ1n) is 10.4. The molecule has 2 aliphatic rings. The van der Waals surface area contributed by atoms with Gasteiger partial charge in [0, 0.05) is 62.9 Å². The Bertz CT molecular complexity index is 1050. The number of benzene rings is 1. The minimum Gasteiger partial charge on any atom is -0.369 e. The smallest absolute Gasteiger partial charge is 0.136 e. The van der Waals surface area contributed by atoms with Gasteiger partial charge in [-0.25, -0.2) is 4.98 Å². The van der Waals surface area contributed by atoms with E-state index >= 15 is 0 Å². The lowest BCUT2D eigenvalue weighted by atomic mass is 10.1. The summed E-state index contributed by atoms with van der Waals surface area (Å²) in [6, 6.07) is 10.7. The number of para-hydroxylation sites is 1. The van der Waals surface area contributed by atoms with Crippen molar-refractivity contribution in [3.05, 3.63) is 52.6 Å². The molecule has 0 spiro atoms. The molecule has 1 saturated heterocycles. The molecule has 0 unspecified atom stereocenters. The van der Waals surface area contributed by atoms with Crippen LogP contribution < -0.4 is 10.4 Å². The van der Waals surface area contributed by atoms with E-state index < -0.39 is 0 Å².